The van der Waals surface area contributed by atoms with Gasteiger partial charge in [0.15, 0.2) is 6.10 Å². The van der Waals surface area contributed by atoms with Crippen molar-refractivity contribution in [3.8, 4) is 11.5 Å². The van der Waals surface area contributed by atoms with Crippen molar-refractivity contribution in [1.82, 2.24) is 0 Å². The monoisotopic (exact) mass is 369 g/mol. The van der Waals surface area contributed by atoms with Gasteiger partial charge in [-0.25, -0.2) is 4.79 Å². The Morgan fingerprint density at radius 1 is 1.19 bits per heavy atom. The van der Waals surface area contributed by atoms with Gasteiger partial charge in [-0.1, -0.05) is 6.07 Å². The zero-order chi connectivity index (χ0) is 19.7. The van der Waals surface area contributed by atoms with Crippen LogP contribution in [0.3, 0.4) is 0 Å². The zero-order valence-corrected chi connectivity index (χ0v) is 15.8. The Kier molecular flexibility index (Phi) is 5.08. The molecule has 0 saturated carbocycles. The first kappa shape index (κ1) is 18.8. The topological polar surface area (TPSA) is 84.9 Å². The summed E-state index contributed by atoms with van der Waals surface area (Å²) in [4.78, 5) is 24.0. The van der Waals surface area contributed by atoms with Crippen molar-refractivity contribution in [2.24, 2.45) is 0 Å². The SMILES string of the molecule is Cc1cc2c(cc1C)OC(C(=O)Nc1cc(C(=O)O)ccc1OC(C)C)C2. The van der Waals surface area contributed by atoms with Crippen LogP contribution >= 0.6 is 0 Å². The van der Waals surface area contributed by atoms with Gasteiger partial charge in [0.2, 0.25) is 0 Å². The molecule has 6 heteroatoms. The molecule has 1 atom stereocenters. The average Bonchev–Trinajstić information content (AvgIpc) is 2.99. The van der Waals surface area contributed by atoms with Crippen LogP contribution in [0.25, 0.3) is 0 Å². The number of hydrogen-bond acceptors (Lipinski definition) is 4. The van der Waals surface area contributed by atoms with E-state index in [2.05, 4.69) is 5.32 Å². The average molecular weight is 369 g/mol. The van der Waals surface area contributed by atoms with Crippen LogP contribution in [-0.2, 0) is 11.2 Å². The van der Waals surface area contributed by atoms with Gasteiger partial charge in [0.25, 0.3) is 5.91 Å². The highest BCUT2D eigenvalue weighted by atomic mass is 16.5. The third kappa shape index (κ3) is 4.05. The second-order valence-electron chi connectivity index (χ2n) is 7.03. The highest BCUT2D eigenvalue weighted by Crippen LogP contribution is 2.33. The summed E-state index contributed by atoms with van der Waals surface area (Å²) in [6.45, 7) is 7.74. The molecule has 142 valence electrons. The van der Waals surface area contributed by atoms with Gasteiger partial charge >= 0.3 is 5.97 Å². The number of benzene rings is 2. The van der Waals surface area contributed by atoms with E-state index >= 15 is 0 Å². The number of carboxylic acid groups (broad SMARTS) is 1. The lowest BCUT2D eigenvalue weighted by molar-refractivity contribution is -0.122. The lowest BCUT2D eigenvalue weighted by atomic mass is 10.0. The van der Waals surface area contributed by atoms with Gasteiger partial charge < -0.3 is 19.9 Å². The van der Waals surface area contributed by atoms with Crippen molar-refractivity contribution in [3.63, 3.8) is 0 Å². The van der Waals surface area contributed by atoms with E-state index in [0.29, 0.717) is 17.9 Å². The van der Waals surface area contributed by atoms with Crippen LogP contribution in [-0.4, -0.2) is 29.2 Å². The molecule has 0 bridgehead atoms. The molecule has 1 unspecified atom stereocenters. The molecule has 0 saturated heterocycles. The molecule has 0 fully saturated rings. The molecule has 27 heavy (non-hydrogen) atoms. The lowest BCUT2D eigenvalue weighted by Gasteiger charge is -2.17. The number of rotatable bonds is 5. The molecule has 2 aromatic carbocycles. The van der Waals surface area contributed by atoms with Gasteiger partial charge in [0, 0.05) is 6.42 Å². The number of carboxylic acids is 1. The summed E-state index contributed by atoms with van der Waals surface area (Å²) in [6.07, 6.45) is -0.308. The largest absolute Gasteiger partial charge is 0.489 e. The molecule has 0 aromatic heterocycles. The van der Waals surface area contributed by atoms with Gasteiger partial charge in [-0.15, -0.1) is 0 Å². The van der Waals surface area contributed by atoms with Gasteiger partial charge in [0.1, 0.15) is 11.5 Å². The second-order valence-corrected chi connectivity index (χ2v) is 7.03. The second kappa shape index (κ2) is 7.31. The minimum absolute atomic E-state index is 0.0725. The van der Waals surface area contributed by atoms with Crippen LogP contribution in [0, 0.1) is 13.8 Å². The summed E-state index contributed by atoms with van der Waals surface area (Å²) in [5.41, 5.74) is 3.65. The van der Waals surface area contributed by atoms with Gasteiger partial charge in [-0.2, -0.15) is 0 Å². The number of carbonyl (C=O) groups excluding carboxylic acids is 1. The number of nitrogens with one attached hydrogen (secondary N) is 1. The molecule has 6 nitrogen and oxygen atoms in total. The van der Waals surface area contributed by atoms with E-state index in [-0.39, 0.29) is 17.6 Å². The van der Waals surface area contributed by atoms with E-state index in [1.165, 1.54) is 12.1 Å². The van der Waals surface area contributed by atoms with E-state index in [9.17, 15) is 14.7 Å². The smallest absolute Gasteiger partial charge is 0.335 e. The summed E-state index contributed by atoms with van der Waals surface area (Å²) in [5, 5.41) is 12.0. The molecular weight excluding hydrogens is 346 g/mol. The van der Waals surface area contributed by atoms with Crippen molar-refractivity contribution < 1.29 is 24.2 Å². The van der Waals surface area contributed by atoms with Crippen LogP contribution in [0.15, 0.2) is 30.3 Å². The molecule has 2 aromatic rings. The lowest BCUT2D eigenvalue weighted by Crippen LogP contribution is -2.31. The van der Waals surface area contributed by atoms with Crippen LogP contribution in [0.4, 0.5) is 5.69 Å². The number of aryl methyl sites for hydroxylation is 2. The Morgan fingerprint density at radius 3 is 2.56 bits per heavy atom. The van der Waals surface area contributed by atoms with E-state index < -0.39 is 12.1 Å². The molecule has 2 N–H and O–H groups in total. The van der Waals surface area contributed by atoms with Crippen molar-refractivity contribution in [3.05, 3.63) is 52.6 Å². The van der Waals surface area contributed by atoms with E-state index in [1.54, 1.807) is 6.07 Å². The summed E-state index contributed by atoms with van der Waals surface area (Å²) < 4.78 is 11.5. The maximum absolute atomic E-state index is 12.7. The van der Waals surface area contributed by atoms with Crippen LogP contribution in [0.5, 0.6) is 11.5 Å². The van der Waals surface area contributed by atoms with Crippen LogP contribution in [0.1, 0.15) is 40.9 Å². The summed E-state index contributed by atoms with van der Waals surface area (Å²) in [6, 6.07) is 8.38. The van der Waals surface area contributed by atoms with Crippen molar-refractivity contribution in [2.45, 2.75) is 46.3 Å². The standard InChI is InChI=1S/C21H23NO5/c1-11(2)26-17-6-5-14(21(24)25)9-16(17)22-20(23)19-10-15-7-12(3)13(4)8-18(15)27-19/h5-9,11,19H,10H2,1-4H3,(H,22,23)(H,24,25). The first-order chi connectivity index (χ1) is 12.7. The third-order valence-electron chi connectivity index (χ3n) is 4.49. The fourth-order valence-corrected chi connectivity index (χ4v) is 2.99. The predicted molar refractivity (Wildman–Crippen MR) is 102 cm³/mol. The summed E-state index contributed by atoms with van der Waals surface area (Å²) in [5.74, 6) is -0.267. The van der Waals surface area contributed by atoms with Crippen LogP contribution < -0.4 is 14.8 Å². The first-order valence-electron chi connectivity index (χ1n) is 8.86. The highest BCUT2D eigenvalue weighted by molar-refractivity contribution is 5.98. The summed E-state index contributed by atoms with van der Waals surface area (Å²) in [7, 11) is 0. The Bertz CT molecular complexity index is 873. The third-order valence-corrected chi connectivity index (χ3v) is 4.49. The van der Waals surface area contributed by atoms with Crippen LogP contribution in [0.2, 0.25) is 0 Å². The number of fused-ring (bicyclic) bond motifs is 1. The van der Waals surface area contributed by atoms with Gasteiger partial charge in [-0.3, -0.25) is 4.79 Å². The van der Waals surface area contributed by atoms with Gasteiger partial charge in [-0.05, 0) is 68.7 Å². The molecule has 1 aliphatic heterocycles. The number of ether oxygens (including phenoxy) is 2. The number of carbonyl (C=O) groups is 2. The predicted octanol–water partition coefficient (Wildman–Crippen LogP) is 3.73. The Balaban J connectivity index is 1.81. The Morgan fingerprint density at radius 2 is 1.89 bits per heavy atom. The Hall–Kier alpha value is -3.02. The van der Waals surface area contributed by atoms with Crippen molar-refractivity contribution in [2.75, 3.05) is 5.32 Å². The first-order valence-corrected chi connectivity index (χ1v) is 8.86. The number of hydrogen-bond donors (Lipinski definition) is 2. The number of amides is 1. The molecule has 1 aliphatic rings. The van der Waals surface area contributed by atoms with Crippen molar-refractivity contribution >= 4 is 17.6 Å². The molecule has 1 heterocycles. The van der Waals surface area contributed by atoms with E-state index in [4.69, 9.17) is 9.47 Å². The minimum atomic E-state index is -1.07. The number of anilines is 1. The van der Waals surface area contributed by atoms with E-state index in [1.807, 2.05) is 39.8 Å². The fraction of sp³-hybridized carbons (Fsp3) is 0.333. The highest BCUT2D eigenvalue weighted by Gasteiger charge is 2.30. The molecule has 0 aliphatic carbocycles. The van der Waals surface area contributed by atoms with Crippen molar-refractivity contribution in [1.29, 1.82) is 0 Å². The molecular formula is C21H23NO5. The van der Waals surface area contributed by atoms with Gasteiger partial charge in [0.05, 0.1) is 17.4 Å². The fourth-order valence-electron chi connectivity index (χ4n) is 2.99. The minimum Gasteiger partial charge on any atom is -0.489 e. The molecule has 1 amide bonds. The molecule has 0 radical (unpaired) electrons. The maximum Gasteiger partial charge on any atom is 0.335 e. The quantitative estimate of drug-likeness (QED) is 0.839. The summed E-state index contributed by atoms with van der Waals surface area (Å²) >= 11 is 0. The Labute approximate surface area is 158 Å². The normalized spacial score (nSPS) is 15.2. The zero-order valence-electron chi connectivity index (χ0n) is 15.8. The molecule has 3 rings (SSSR count). The van der Waals surface area contributed by atoms with E-state index in [0.717, 1.165) is 22.4 Å². The molecule has 0 spiro atoms. The number of aromatic carboxylic acids is 1. The maximum atomic E-state index is 12.7.